The number of benzene rings is 1. The van der Waals surface area contributed by atoms with Gasteiger partial charge in [-0.05, 0) is 63.1 Å². The summed E-state index contributed by atoms with van der Waals surface area (Å²) in [5.41, 5.74) is 2.56. The van der Waals surface area contributed by atoms with Gasteiger partial charge in [-0.1, -0.05) is 63.3 Å². The fraction of sp³-hybridized carbons (Fsp3) is 0.613. The summed E-state index contributed by atoms with van der Waals surface area (Å²) >= 11 is 0. The smallest absolute Gasteiger partial charge is 0.252 e. The third-order valence-corrected chi connectivity index (χ3v) is 8.11. The molecule has 1 aliphatic carbocycles. The van der Waals surface area contributed by atoms with Gasteiger partial charge >= 0.3 is 0 Å². The quantitative estimate of drug-likeness (QED) is 0.428. The van der Waals surface area contributed by atoms with Crippen LogP contribution < -0.4 is 5.32 Å². The number of Topliss-reactive ketones (excluding diaryl/α,β-unsaturated/α-hetero) is 1. The number of nitrogens with zero attached hydrogens (tertiary/aromatic N) is 2. The van der Waals surface area contributed by atoms with E-state index >= 15 is 0 Å². The second-order valence-electron chi connectivity index (χ2n) is 11.9. The highest BCUT2D eigenvalue weighted by molar-refractivity contribution is 6.01. The van der Waals surface area contributed by atoms with Crippen LogP contribution in [-0.2, 0) is 20.8 Å². The third kappa shape index (κ3) is 6.36. The molecule has 4 rings (SSSR count). The second kappa shape index (κ2) is 12.3. The lowest BCUT2D eigenvalue weighted by molar-refractivity contribution is -0.137. The van der Waals surface area contributed by atoms with E-state index in [1.165, 1.54) is 5.56 Å². The van der Waals surface area contributed by atoms with Crippen molar-refractivity contribution in [2.24, 2.45) is 11.8 Å². The van der Waals surface area contributed by atoms with Gasteiger partial charge in [-0.15, -0.1) is 0 Å². The SMILES string of the molecule is CC(C)=C[C@H](NC(=O)c1ccc(CC(C)C)cc1)C(=O)N1CC[C@@H]2[C@H]1C(=O)CN2C(=O)C1CCCCCC1. The first-order valence-electron chi connectivity index (χ1n) is 14.3. The lowest BCUT2D eigenvalue weighted by Gasteiger charge is -2.28. The number of carbonyl (C=O) groups excluding carboxylic acids is 4. The molecule has 3 fully saturated rings. The van der Waals surface area contributed by atoms with E-state index < -0.39 is 12.1 Å². The molecule has 1 aromatic rings. The van der Waals surface area contributed by atoms with Gasteiger partial charge < -0.3 is 15.1 Å². The summed E-state index contributed by atoms with van der Waals surface area (Å²) in [6, 6.07) is 5.72. The molecule has 1 N–H and O–H groups in total. The lowest BCUT2D eigenvalue weighted by Crippen LogP contribution is -2.52. The predicted molar refractivity (Wildman–Crippen MR) is 147 cm³/mol. The van der Waals surface area contributed by atoms with E-state index in [9.17, 15) is 19.2 Å². The second-order valence-corrected chi connectivity index (χ2v) is 11.9. The van der Waals surface area contributed by atoms with Gasteiger partial charge in [-0.25, -0.2) is 0 Å². The van der Waals surface area contributed by atoms with E-state index in [0.717, 1.165) is 50.5 Å². The number of fused-ring (bicyclic) bond motifs is 1. The topological polar surface area (TPSA) is 86.8 Å². The van der Waals surface area contributed by atoms with Gasteiger partial charge in [-0.3, -0.25) is 19.2 Å². The number of hydrogen-bond acceptors (Lipinski definition) is 4. The van der Waals surface area contributed by atoms with E-state index in [-0.39, 0.29) is 42.0 Å². The van der Waals surface area contributed by atoms with Crippen molar-refractivity contribution in [1.29, 1.82) is 0 Å². The zero-order valence-corrected chi connectivity index (χ0v) is 23.4. The molecule has 2 heterocycles. The molecule has 0 unspecified atom stereocenters. The number of amides is 3. The number of nitrogens with one attached hydrogen (secondary N) is 1. The van der Waals surface area contributed by atoms with E-state index in [1.54, 1.807) is 28.0 Å². The number of hydrogen-bond donors (Lipinski definition) is 1. The van der Waals surface area contributed by atoms with E-state index in [1.807, 2.05) is 26.0 Å². The minimum absolute atomic E-state index is 0.0153. The molecule has 0 aromatic heterocycles. The summed E-state index contributed by atoms with van der Waals surface area (Å²) in [7, 11) is 0. The van der Waals surface area contributed by atoms with Crippen LogP contribution in [0.25, 0.3) is 0 Å². The maximum absolute atomic E-state index is 13.7. The Morgan fingerprint density at radius 1 is 0.974 bits per heavy atom. The van der Waals surface area contributed by atoms with Gasteiger partial charge in [0.1, 0.15) is 12.1 Å². The molecule has 3 atom stereocenters. The average molecular weight is 522 g/mol. The highest BCUT2D eigenvalue weighted by Gasteiger charge is 2.52. The number of rotatable bonds is 7. The van der Waals surface area contributed by atoms with Crippen LogP contribution in [0.5, 0.6) is 0 Å². The van der Waals surface area contributed by atoms with E-state index in [2.05, 4.69) is 19.2 Å². The molecule has 1 aromatic carbocycles. The van der Waals surface area contributed by atoms with Crippen molar-refractivity contribution in [1.82, 2.24) is 15.1 Å². The van der Waals surface area contributed by atoms with Crippen molar-refractivity contribution in [3.05, 3.63) is 47.0 Å². The zero-order chi connectivity index (χ0) is 27.4. The van der Waals surface area contributed by atoms with Crippen LogP contribution in [-0.4, -0.2) is 64.5 Å². The summed E-state index contributed by atoms with van der Waals surface area (Å²) in [6.07, 6.45) is 9.48. The Bertz CT molecular complexity index is 1070. The summed E-state index contributed by atoms with van der Waals surface area (Å²) in [5.74, 6) is -0.104. The maximum atomic E-state index is 13.7. The maximum Gasteiger partial charge on any atom is 0.252 e. The lowest BCUT2D eigenvalue weighted by atomic mass is 9.98. The van der Waals surface area contributed by atoms with Crippen LogP contribution in [0, 0.1) is 11.8 Å². The van der Waals surface area contributed by atoms with Crippen LogP contribution in [0.3, 0.4) is 0 Å². The molecule has 0 bridgehead atoms. The number of carbonyl (C=O) groups is 4. The highest BCUT2D eigenvalue weighted by atomic mass is 16.2. The van der Waals surface area contributed by atoms with Crippen molar-refractivity contribution in [2.45, 2.75) is 97.2 Å². The Balaban J connectivity index is 1.46. The van der Waals surface area contributed by atoms with Gasteiger partial charge in [0.25, 0.3) is 5.91 Å². The molecule has 3 aliphatic rings. The van der Waals surface area contributed by atoms with Crippen molar-refractivity contribution in [3.8, 4) is 0 Å². The Morgan fingerprint density at radius 2 is 1.63 bits per heavy atom. The largest absolute Gasteiger partial charge is 0.337 e. The first kappa shape index (κ1) is 28.1. The fourth-order valence-electron chi connectivity index (χ4n) is 6.29. The minimum atomic E-state index is -0.874. The molecule has 7 nitrogen and oxygen atoms in total. The van der Waals surface area contributed by atoms with Crippen LogP contribution in [0.2, 0.25) is 0 Å². The monoisotopic (exact) mass is 521 g/mol. The number of allylic oxidation sites excluding steroid dienone is 1. The Morgan fingerprint density at radius 3 is 2.24 bits per heavy atom. The molecule has 38 heavy (non-hydrogen) atoms. The summed E-state index contributed by atoms with van der Waals surface area (Å²) < 4.78 is 0. The minimum Gasteiger partial charge on any atom is -0.337 e. The third-order valence-electron chi connectivity index (χ3n) is 8.11. The van der Waals surface area contributed by atoms with Crippen molar-refractivity contribution < 1.29 is 19.2 Å². The molecule has 7 heteroatoms. The van der Waals surface area contributed by atoms with Crippen LogP contribution in [0.4, 0.5) is 0 Å². The molecule has 1 saturated carbocycles. The highest BCUT2D eigenvalue weighted by Crippen LogP contribution is 2.34. The zero-order valence-electron chi connectivity index (χ0n) is 23.4. The van der Waals surface area contributed by atoms with E-state index in [4.69, 9.17) is 0 Å². The van der Waals surface area contributed by atoms with Gasteiger partial charge in [0.05, 0.1) is 12.6 Å². The van der Waals surface area contributed by atoms with Crippen molar-refractivity contribution in [2.75, 3.05) is 13.1 Å². The normalized spacial score (nSPS) is 22.7. The molecule has 206 valence electrons. The molecular weight excluding hydrogens is 478 g/mol. The summed E-state index contributed by atoms with van der Waals surface area (Å²) in [6.45, 7) is 8.56. The van der Waals surface area contributed by atoms with Crippen LogP contribution in [0.15, 0.2) is 35.9 Å². The first-order chi connectivity index (χ1) is 18.2. The van der Waals surface area contributed by atoms with Gasteiger partial charge in [0.15, 0.2) is 5.78 Å². The van der Waals surface area contributed by atoms with Gasteiger partial charge in [0.2, 0.25) is 11.8 Å². The molecule has 0 spiro atoms. The fourth-order valence-corrected chi connectivity index (χ4v) is 6.29. The van der Waals surface area contributed by atoms with Crippen molar-refractivity contribution >= 4 is 23.5 Å². The number of likely N-dealkylation sites (tertiary alicyclic amines) is 2. The first-order valence-corrected chi connectivity index (χ1v) is 14.3. The van der Waals surface area contributed by atoms with E-state index in [0.29, 0.717) is 24.4 Å². The molecule has 2 saturated heterocycles. The Kier molecular flexibility index (Phi) is 9.06. The van der Waals surface area contributed by atoms with Gasteiger partial charge in [0, 0.05) is 18.0 Å². The summed E-state index contributed by atoms with van der Waals surface area (Å²) in [5, 5.41) is 2.89. The van der Waals surface area contributed by atoms with Crippen LogP contribution in [0.1, 0.15) is 88.6 Å². The standard InChI is InChI=1S/C31H43N3O4/c1-20(2)17-22-11-13-23(14-12-22)29(36)32-25(18-21(3)4)31(38)33-16-15-26-28(33)27(35)19-34(26)30(37)24-9-7-5-6-8-10-24/h11-14,18,20,24-26,28H,5-10,15-17,19H2,1-4H3,(H,32,36)/t25-,26+,28-/m0/s1. The number of ketones is 1. The van der Waals surface area contributed by atoms with Crippen molar-refractivity contribution in [3.63, 3.8) is 0 Å². The van der Waals surface area contributed by atoms with Gasteiger partial charge in [-0.2, -0.15) is 0 Å². The Labute approximate surface area is 227 Å². The summed E-state index contributed by atoms with van der Waals surface area (Å²) in [4.78, 5) is 56.7. The molecular formula is C31H43N3O4. The average Bonchev–Trinajstić information content (AvgIpc) is 3.32. The predicted octanol–water partition coefficient (Wildman–Crippen LogP) is 4.30. The molecule has 3 amide bonds. The Hall–Kier alpha value is -2.96. The molecule has 0 radical (unpaired) electrons. The van der Waals surface area contributed by atoms with Crippen LogP contribution >= 0.6 is 0 Å². The molecule has 2 aliphatic heterocycles.